The van der Waals surface area contributed by atoms with Crippen molar-refractivity contribution in [2.75, 3.05) is 6.61 Å². The fraction of sp³-hybridized carbons (Fsp3) is 0.211. The maximum absolute atomic E-state index is 13.5. The highest BCUT2D eigenvalue weighted by Gasteiger charge is 2.60. The number of benzene rings is 2. The molecule has 0 unspecified atom stereocenters. The Bertz CT molecular complexity index is 957. The van der Waals surface area contributed by atoms with Crippen molar-refractivity contribution in [3.63, 3.8) is 0 Å². The molecule has 2 aromatic rings. The highest BCUT2D eigenvalue weighted by atomic mass is 19.1. The van der Waals surface area contributed by atoms with Crippen LogP contribution in [0.2, 0.25) is 0 Å². The van der Waals surface area contributed by atoms with Gasteiger partial charge < -0.3 is 14.8 Å². The molecule has 2 atom stereocenters. The number of hydrogen-bond donors (Lipinski definition) is 1. The van der Waals surface area contributed by atoms with Crippen LogP contribution in [0.1, 0.15) is 44.9 Å². The van der Waals surface area contributed by atoms with Crippen molar-refractivity contribution in [3.05, 3.63) is 70.5 Å². The van der Waals surface area contributed by atoms with Crippen LogP contribution in [-0.2, 0) is 19.8 Å². The molecule has 6 nitrogen and oxygen atoms in total. The average Bonchev–Trinajstić information content (AvgIpc) is 3.11. The zero-order chi connectivity index (χ0) is 18.5. The maximum atomic E-state index is 13.5. The lowest BCUT2D eigenvalue weighted by molar-refractivity contribution is -0.156. The predicted octanol–water partition coefficient (Wildman–Crippen LogP) is 2.24. The number of nitrogens with one attached hydrogen (secondary N) is 1. The molecule has 0 aromatic heterocycles. The number of hydrogen-bond acceptors (Lipinski definition) is 5. The number of rotatable bonds is 3. The molecule has 0 saturated carbocycles. The summed E-state index contributed by atoms with van der Waals surface area (Å²) in [5, 5.41) is 2.65. The summed E-state index contributed by atoms with van der Waals surface area (Å²) in [4.78, 5) is 37.7. The maximum Gasteiger partial charge on any atom is 0.340 e. The van der Waals surface area contributed by atoms with Gasteiger partial charge in [-0.15, -0.1) is 0 Å². The lowest BCUT2D eigenvalue weighted by Crippen LogP contribution is -2.52. The van der Waals surface area contributed by atoms with E-state index >= 15 is 0 Å². The second-order valence-electron chi connectivity index (χ2n) is 6.05. The lowest BCUT2D eigenvalue weighted by Gasteiger charge is -2.32. The number of amides is 1. The predicted molar refractivity (Wildman–Crippen MR) is 86.8 cm³/mol. The first-order valence-corrected chi connectivity index (χ1v) is 8.08. The third kappa shape index (κ3) is 2.06. The first-order valence-electron chi connectivity index (χ1n) is 8.08. The van der Waals surface area contributed by atoms with E-state index in [0.29, 0.717) is 16.7 Å². The zero-order valence-electron chi connectivity index (χ0n) is 13.7. The summed E-state index contributed by atoms with van der Waals surface area (Å²) in [5.74, 6) is -2.57. The van der Waals surface area contributed by atoms with Crippen LogP contribution in [0.4, 0.5) is 4.39 Å². The van der Waals surface area contributed by atoms with Crippen LogP contribution in [-0.4, -0.2) is 24.5 Å². The Balaban J connectivity index is 1.95. The lowest BCUT2D eigenvalue weighted by atomic mass is 9.81. The number of esters is 2. The van der Waals surface area contributed by atoms with E-state index in [1.165, 1.54) is 12.1 Å². The summed E-state index contributed by atoms with van der Waals surface area (Å²) < 4.78 is 24.2. The van der Waals surface area contributed by atoms with Gasteiger partial charge in [-0.1, -0.05) is 24.3 Å². The molecule has 0 fully saturated rings. The Labute approximate surface area is 147 Å². The van der Waals surface area contributed by atoms with Crippen LogP contribution in [0.15, 0.2) is 42.5 Å². The Morgan fingerprint density at radius 3 is 2.77 bits per heavy atom. The van der Waals surface area contributed by atoms with E-state index in [2.05, 4.69) is 5.32 Å². The molecule has 2 aromatic carbocycles. The third-order valence-corrected chi connectivity index (χ3v) is 4.64. The number of halogens is 1. The number of cyclic esters (lactones) is 1. The Morgan fingerprint density at radius 1 is 1.23 bits per heavy atom. The molecule has 0 aliphatic carbocycles. The topological polar surface area (TPSA) is 81.7 Å². The van der Waals surface area contributed by atoms with Crippen molar-refractivity contribution >= 4 is 17.8 Å². The summed E-state index contributed by atoms with van der Waals surface area (Å²) >= 11 is 0. The van der Waals surface area contributed by atoms with E-state index < -0.39 is 35.3 Å². The van der Waals surface area contributed by atoms with Gasteiger partial charge in [0.25, 0.3) is 5.91 Å². The normalized spacial score (nSPS) is 23.1. The average molecular weight is 355 g/mol. The van der Waals surface area contributed by atoms with Gasteiger partial charge in [-0.25, -0.2) is 14.0 Å². The fourth-order valence-corrected chi connectivity index (χ4v) is 3.55. The molecule has 4 rings (SSSR count). The van der Waals surface area contributed by atoms with Crippen LogP contribution >= 0.6 is 0 Å². The number of fused-ring (bicyclic) bond motifs is 2. The molecule has 26 heavy (non-hydrogen) atoms. The quantitative estimate of drug-likeness (QED) is 0.854. The number of carbonyl (C=O) groups is 3. The van der Waals surface area contributed by atoms with Gasteiger partial charge in [0.1, 0.15) is 5.82 Å². The van der Waals surface area contributed by atoms with Crippen molar-refractivity contribution in [2.45, 2.75) is 18.6 Å². The summed E-state index contributed by atoms with van der Waals surface area (Å²) in [6.45, 7) is 1.72. The summed E-state index contributed by atoms with van der Waals surface area (Å²) in [6, 6.07) is 10.1. The van der Waals surface area contributed by atoms with Crippen LogP contribution in [0.3, 0.4) is 0 Å². The molecule has 1 amide bonds. The van der Waals surface area contributed by atoms with Gasteiger partial charge in [-0.05, 0) is 25.1 Å². The van der Waals surface area contributed by atoms with Crippen LogP contribution in [0, 0.1) is 5.82 Å². The van der Waals surface area contributed by atoms with Gasteiger partial charge in [0.2, 0.25) is 5.54 Å². The standard InChI is InChI=1S/C19H14FNO5/c1-2-25-18(24)19(14-6-4-3-5-12(14)16(22)21-19)15-11-8-7-10(20)9-13(11)17(23)26-15/h3-9,15H,2H2,1H3,(H,21,22)/t15-,19-/m1/s1. The van der Waals surface area contributed by atoms with E-state index in [1.807, 2.05) is 0 Å². The van der Waals surface area contributed by atoms with Crippen LogP contribution < -0.4 is 5.32 Å². The van der Waals surface area contributed by atoms with E-state index in [4.69, 9.17) is 9.47 Å². The minimum absolute atomic E-state index is 0.0253. The summed E-state index contributed by atoms with van der Waals surface area (Å²) in [6.07, 6.45) is -1.16. The smallest absolute Gasteiger partial charge is 0.340 e. The second-order valence-corrected chi connectivity index (χ2v) is 6.05. The van der Waals surface area contributed by atoms with Gasteiger partial charge in [-0.3, -0.25) is 4.79 Å². The third-order valence-electron chi connectivity index (χ3n) is 4.64. The first-order chi connectivity index (χ1) is 12.5. The van der Waals surface area contributed by atoms with Crippen molar-refractivity contribution in [3.8, 4) is 0 Å². The van der Waals surface area contributed by atoms with E-state index in [-0.39, 0.29) is 12.2 Å². The Kier molecular flexibility index (Phi) is 3.54. The zero-order valence-corrected chi connectivity index (χ0v) is 13.7. The van der Waals surface area contributed by atoms with Crippen molar-refractivity contribution < 1.29 is 28.2 Å². The Hall–Kier alpha value is -3.22. The summed E-state index contributed by atoms with van der Waals surface area (Å²) in [5.41, 5.74) is -0.716. The van der Waals surface area contributed by atoms with Gasteiger partial charge in [0.15, 0.2) is 6.10 Å². The molecule has 7 heteroatoms. The molecule has 2 aliphatic heterocycles. The van der Waals surface area contributed by atoms with Crippen molar-refractivity contribution in [1.82, 2.24) is 5.32 Å². The minimum atomic E-state index is -1.72. The van der Waals surface area contributed by atoms with Gasteiger partial charge in [-0.2, -0.15) is 0 Å². The minimum Gasteiger partial charge on any atom is -0.464 e. The Morgan fingerprint density at radius 2 is 2.00 bits per heavy atom. The molecule has 132 valence electrons. The van der Waals surface area contributed by atoms with Gasteiger partial charge in [0, 0.05) is 16.7 Å². The van der Waals surface area contributed by atoms with Gasteiger partial charge >= 0.3 is 11.9 Å². The number of ether oxygens (including phenoxy) is 2. The van der Waals surface area contributed by atoms with Crippen LogP contribution in [0.25, 0.3) is 0 Å². The molecule has 0 bridgehead atoms. The molecular weight excluding hydrogens is 341 g/mol. The molecule has 0 radical (unpaired) electrons. The second kappa shape index (κ2) is 5.66. The molecule has 0 saturated heterocycles. The summed E-state index contributed by atoms with van der Waals surface area (Å²) in [7, 11) is 0. The van der Waals surface area contributed by atoms with E-state index in [0.717, 1.165) is 6.07 Å². The molecule has 2 heterocycles. The molecular formula is C19H14FNO5. The highest BCUT2D eigenvalue weighted by Crippen LogP contribution is 2.48. The molecule has 1 N–H and O–H groups in total. The monoisotopic (exact) mass is 355 g/mol. The highest BCUT2D eigenvalue weighted by molar-refractivity contribution is 6.07. The van der Waals surface area contributed by atoms with Gasteiger partial charge in [0.05, 0.1) is 12.2 Å². The fourth-order valence-electron chi connectivity index (χ4n) is 3.55. The molecule has 0 spiro atoms. The van der Waals surface area contributed by atoms with E-state index in [9.17, 15) is 18.8 Å². The largest absolute Gasteiger partial charge is 0.464 e. The van der Waals surface area contributed by atoms with Crippen LogP contribution in [0.5, 0.6) is 0 Å². The number of carbonyl (C=O) groups excluding carboxylic acids is 3. The van der Waals surface area contributed by atoms with Crippen molar-refractivity contribution in [2.24, 2.45) is 0 Å². The first kappa shape index (κ1) is 16.3. The molecule has 2 aliphatic rings. The van der Waals surface area contributed by atoms with E-state index in [1.54, 1.807) is 31.2 Å². The SMILES string of the molecule is CCOC(=O)[C@@]1([C@@H]2OC(=O)c3cc(F)ccc32)NC(=O)c2ccccc21. The van der Waals surface area contributed by atoms with Crippen molar-refractivity contribution in [1.29, 1.82) is 0 Å².